The number of rotatable bonds is 9. The van der Waals surface area contributed by atoms with Crippen LogP contribution in [0.4, 0.5) is 0 Å². The van der Waals surface area contributed by atoms with Gasteiger partial charge in [-0.15, -0.1) is 0 Å². The van der Waals surface area contributed by atoms with Crippen LogP contribution in [0.2, 0.25) is 0 Å². The first-order valence-electron chi connectivity index (χ1n) is 8.33. The third-order valence-electron chi connectivity index (χ3n) is 4.65. The third kappa shape index (κ3) is 4.79. The minimum Gasteiger partial charge on any atom is -0.480 e. The van der Waals surface area contributed by atoms with Crippen LogP contribution in [0.5, 0.6) is 0 Å². The molecule has 1 amide bonds. The highest BCUT2D eigenvalue weighted by Gasteiger charge is 2.37. The van der Waals surface area contributed by atoms with Gasteiger partial charge < -0.3 is 10.4 Å². The summed E-state index contributed by atoms with van der Waals surface area (Å²) in [5, 5.41) is 16.1. The quantitative estimate of drug-likeness (QED) is 0.700. The first-order valence-corrected chi connectivity index (χ1v) is 8.33. The molecule has 0 unspecified atom stereocenters. The van der Waals surface area contributed by atoms with Crippen molar-refractivity contribution >= 4 is 11.9 Å². The Kier molecular flexibility index (Phi) is 4.95. The van der Waals surface area contributed by atoms with Gasteiger partial charge in [0.25, 0.3) is 0 Å². The largest absolute Gasteiger partial charge is 0.480 e. The lowest BCUT2D eigenvalue weighted by Crippen LogP contribution is -2.55. The summed E-state index contributed by atoms with van der Waals surface area (Å²) in [5.41, 5.74) is 0. The van der Waals surface area contributed by atoms with Gasteiger partial charge in [0.05, 0.1) is 6.54 Å². The Labute approximate surface area is 135 Å². The van der Waals surface area contributed by atoms with E-state index in [-0.39, 0.29) is 18.5 Å². The topological polar surface area (TPSA) is 87.5 Å². The number of aliphatic carboxylic acids is 1. The molecule has 2 N–H and O–H groups in total. The number of carbonyl (C=O) groups excluding carboxylic acids is 1. The summed E-state index contributed by atoms with van der Waals surface area (Å²) in [6.45, 7) is 1.58. The molecule has 3 rings (SSSR count). The fourth-order valence-corrected chi connectivity index (χ4v) is 3.10. The van der Waals surface area contributed by atoms with Gasteiger partial charge in [-0.2, -0.15) is 5.10 Å². The van der Waals surface area contributed by atoms with Crippen LogP contribution in [0.25, 0.3) is 0 Å². The maximum absolute atomic E-state index is 11.9. The van der Waals surface area contributed by atoms with Crippen LogP contribution in [0.15, 0.2) is 18.5 Å². The first-order chi connectivity index (χ1) is 11.1. The Morgan fingerprint density at radius 1 is 1.35 bits per heavy atom. The highest BCUT2D eigenvalue weighted by atomic mass is 16.4. The molecule has 7 nitrogen and oxygen atoms in total. The molecule has 1 aromatic rings. The maximum Gasteiger partial charge on any atom is 0.317 e. The number of hydrogen-bond acceptors (Lipinski definition) is 4. The van der Waals surface area contributed by atoms with Gasteiger partial charge in [-0.05, 0) is 37.7 Å². The second-order valence-corrected chi connectivity index (χ2v) is 6.68. The number of carboxylic acid groups (broad SMARTS) is 1. The van der Waals surface area contributed by atoms with E-state index >= 15 is 0 Å². The van der Waals surface area contributed by atoms with Crippen molar-refractivity contribution in [2.24, 2.45) is 5.92 Å². The Hall–Kier alpha value is -1.89. The van der Waals surface area contributed by atoms with Crippen LogP contribution < -0.4 is 5.32 Å². The number of hydrogen-bond donors (Lipinski definition) is 2. The van der Waals surface area contributed by atoms with E-state index in [1.54, 1.807) is 10.9 Å². The molecule has 1 heterocycles. The van der Waals surface area contributed by atoms with Gasteiger partial charge in [0.15, 0.2) is 0 Å². The number of nitrogens with one attached hydrogen (secondary N) is 1. The lowest BCUT2D eigenvalue weighted by atomic mass is 9.85. The summed E-state index contributed by atoms with van der Waals surface area (Å²) in [4.78, 5) is 25.0. The van der Waals surface area contributed by atoms with Crippen LogP contribution in [-0.2, 0) is 16.1 Å². The standard InChI is InChI=1S/C16H24N4O3/c21-15(4-7-20-6-1-5-17-20)18-13-8-14(9-13)19(11-16(22)23)10-12-2-3-12/h1,5-6,12-14H,2-4,7-11H2,(H,18,21)(H,22,23). The van der Waals surface area contributed by atoms with Gasteiger partial charge in [-0.1, -0.05) is 0 Å². The van der Waals surface area contributed by atoms with E-state index in [4.69, 9.17) is 5.11 Å². The molecule has 0 saturated heterocycles. The molecule has 0 bridgehead atoms. The van der Waals surface area contributed by atoms with Gasteiger partial charge in [-0.25, -0.2) is 0 Å². The average molecular weight is 320 g/mol. The van der Waals surface area contributed by atoms with Crippen molar-refractivity contribution in [2.45, 2.75) is 50.7 Å². The Morgan fingerprint density at radius 2 is 2.13 bits per heavy atom. The number of nitrogens with zero attached hydrogens (tertiary/aromatic N) is 3. The normalized spacial score (nSPS) is 23.5. The molecule has 0 aromatic carbocycles. The van der Waals surface area contributed by atoms with Crippen LogP contribution in [0.1, 0.15) is 32.1 Å². The molecule has 2 saturated carbocycles. The molecule has 23 heavy (non-hydrogen) atoms. The van der Waals surface area contributed by atoms with E-state index in [1.807, 2.05) is 12.3 Å². The Bertz CT molecular complexity index is 536. The maximum atomic E-state index is 11.9. The lowest BCUT2D eigenvalue weighted by Gasteiger charge is -2.42. The third-order valence-corrected chi connectivity index (χ3v) is 4.65. The predicted molar refractivity (Wildman–Crippen MR) is 83.7 cm³/mol. The molecular weight excluding hydrogens is 296 g/mol. The molecule has 2 aliphatic carbocycles. The fraction of sp³-hybridized carbons (Fsp3) is 0.688. The molecule has 2 aliphatic rings. The molecular formula is C16H24N4O3. The molecule has 2 fully saturated rings. The Morgan fingerprint density at radius 3 is 2.74 bits per heavy atom. The monoisotopic (exact) mass is 320 g/mol. The van der Waals surface area contributed by atoms with Crippen LogP contribution in [0.3, 0.4) is 0 Å². The highest BCUT2D eigenvalue weighted by molar-refractivity contribution is 5.76. The van der Waals surface area contributed by atoms with Crippen molar-refractivity contribution in [3.63, 3.8) is 0 Å². The SMILES string of the molecule is O=C(O)CN(CC1CC1)C1CC(NC(=O)CCn2cccn2)C1. The molecule has 0 spiro atoms. The number of carbonyl (C=O) groups is 2. The van der Waals surface area contributed by atoms with Crippen LogP contribution >= 0.6 is 0 Å². The minimum atomic E-state index is -0.766. The number of aryl methyl sites for hydroxylation is 1. The summed E-state index contributed by atoms with van der Waals surface area (Å²) < 4.78 is 1.74. The van der Waals surface area contributed by atoms with Crippen molar-refractivity contribution in [1.82, 2.24) is 20.0 Å². The van der Waals surface area contributed by atoms with Gasteiger partial charge in [0.2, 0.25) is 5.91 Å². The molecule has 0 aliphatic heterocycles. The zero-order valence-corrected chi connectivity index (χ0v) is 13.2. The van der Waals surface area contributed by atoms with E-state index in [2.05, 4.69) is 15.3 Å². The molecule has 0 radical (unpaired) electrons. The predicted octanol–water partition coefficient (Wildman–Crippen LogP) is 0.717. The number of aromatic nitrogens is 2. The van der Waals surface area contributed by atoms with Crippen molar-refractivity contribution in [3.05, 3.63) is 18.5 Å². The summed E-state index contributed by atoms with van der Waals surface area (Å²) in [6, 6.07) is 2.31. The van der Waals surface area contributed by atoms with Gasteiger partial charge >= 0.3 is 5.97 Å². The second-order valence-electron chi connectivity index (χ2n) is 6.68. The second kappa shape index (κ2) is 7.12. The first kappa shape index (κ1) is 16.0. The zero-order valence-electron chi connectivity index (χ0n) is 13.2. The lowest BCUT2D eigenvalue weighted by molar-refractivity contribution is -0.140. The molecule has 7 heteroatoms. The number of amides is 1. The molecule has 126 valence electrons. The smallest absolute Gasteiger partial charge is 0.317 e. The van der Waals surface area contributed by atoms with E-state index < -0.39 is 5.97 Å². The van der Waals surface area contributed by atoms with Crippen molar-refractivity contribution in [3.8, 4) is 0 Å². The van der Waals surface area contributed by atoms with Crippen molar-refractivity contribution in [2.75, 3.05) is 13.1 Å². The average Bonchev–Trinajstić information content (AvgIpc) is 3.11. The van der Waals surface area contributed by atoms with Crippen LogP contribution in [-0.4, -0.2) is 56.8 Å². The van der Waals surface area contributed by atoms with E-state index in [0.29, 0.717) is 24.9 Å². The van der Waals surface area contributed by atoms with Gasteiger partial charge in [0, 0.05) is 44.0 Å². The zero-order chi connectivity index (χ0) is 16.2. The summed E-state index contributed by atoms with van der Waals surface area (Å²) in [5.74, 6) is -0.0506. The molecule has 0 atom stereocenters. The highest BCUT2D eigenvalue weighted by Crippen LogP contribution is 2.33. The summed E-state index contributed by atoms with van der Waals surface area (Å²) in [6.07, 6.45) is 8.11. The Balaban J connectivity index is 1.37. The van der Waals surface area contributed by atoms with E-state index in [0.717, 1.165) is 19.4 Å². The molecule has 1 aromatic heterocycles. The fourth-order valence-electron chi connectivity index (χ4n) is 3.10. The van der Waals surface area contributed by atoms with Gasteiger partial charge in [-0.3, -0.25) is 19.2 Å². The van der Waals surface area contributed by atoms with Crippen molar-refractivity contribution < 1.29 is 14.7 Å². The van der Waals surface area contributed by atoms with Crippen LogP contribution in [0, 0.1) is 5.92 Å². The summed E-state index contributed by atoms with van der Waals surface area (Å²) >= 11 is 0. The van der Waals surface area contributed by atoms with Gasteiger partial charge in [0.1, 0.15) is 0 Å². The van der Waals surface area contributed by atoms with E-state index in [9.17, 15) is 9.59 Å². The van der Waals surface area contributed by atoms with Crippen molar-refractivity contribution in [1.29, 1.82) is 0 Å². The van der Waals surface area contributed by atoms with E-state index in [1.165, 1.54) is 12.8 Å². The minimum absolute atomic E-state index is 0.0379. The number of carboxylic acids is 1. The summed E-state index contributed by atoms with van der Waals surface area (Å²) in [7, 11) is 0.